The summed E-state index contributed by atoms with van der Waals surface area (Å²) in [5, 5.41) is 13.1. The number of nitrogens with one attached hydrogen (secondary N) is 1. The van der Waals surface area contributed by atoms with Gasteiger partial charge in [0.25, 0.3) is 0 Å². The third-order valence-electron chi connectivity index (χ3n) is 3.19. The number of aliphatic carboxylic acids is 1. The van der Waals surface area contributed by atoms with E-state index in [9.17, 15) is 9.90 Å². The van der Waals surface area contributed by atoms with Gasteiger partial charge in [-0.3, -0.25) is 4.79 Å². The first-order valence-corrected chi connectivity index (χ1v) is 5.72. The van der Waals surface area contributed by atoms with E-state index >= 15 is 0 Å². The minimum Gasteiger partial charge on any atom is -0.481 e. The van der Waals surface area contributed by atoms with Crippen LogP contribution in [-0.2, 0) is 9.53 Å². The topological polar surface area (TPSA) is 58.6 Å². The molecule has 0 amide bonds. The predicted octanol–water partition coefficient (Wildman–Crippen LogP) is 1.70. The van der Waals surface area contributed by atoms with Crippen LogP contribution in [0, 0.1) is 5.41 Å². The highest BCUT2D eigenvalue weighted by Gasteiger charge is 2.52. The van der Waals surface area contributed by atoms with Crippen molar-refractivity contribution in [3.63, 3.8) is 0 Å². The standard InChI is InChI=1S/C12H14ClNO3/c1-14-10(8-2-4-9(13)5-3-8)12(11(15)16)6-17-7-12/h2-5,10,14H,6-7H2,1H3,(H,15,16). The molecule has 1 aliphatic heterocycles. The number of carbonyl (C=O) groups is 1. The minimum absolute atomic E-state index is 0.233. The van der Waals surface area contributed by atoms with Crippen LogP contribution >= 0.6 is 11.6 Å². The van der Waals surface area contributed by atoms with Gasteiger partial charge in [0, 0.05) is 5.02 Å². The van der Waals surface area contributed by atoms with E-state index < -0.39 is 11.4 Å². The lowest BCUT2D eigenvalue weighted by Crippen LogP contribution is -2.56. The Balaban J connectivity index is 2.32. The zero-order chi connectivity index (χ0) is 12.5. The Labute approximate surface area is 105 Å². The molecule has 0 aliphatic carbocycles. The molecule has 1 unspecified atom stereocenters. The van der Waals surface area contributed by atoms with Gasteiger partial charge in [-0.15, -0.1) is 0 Å². The van der Waals surface area contributed by atoms with Crippen LogP contribution in [0.3, 0.4) is 0 Å². The molecule has 1 aromatic carbocycles. The molecule has 4 nitrogen and oxygen atoms in total. The number of rotatable bonds is 4. The van der Waals surface area contributed by atoms with Crippen LogP contribution in [0.1, 0.15) is 11.6 Å². The highest BCUT2D eigenvalue weighted by molar-refractivity contribution is 6.30. The molecule has 2 N–H and O–H groups in total. The van der Waals surface area contributed by atoms with E-state index in [0.29, 0.717) is 5.02 Å². The molecule has 5 heteroatoms. The molecule has 1 aromatic rings. The Morgan fingerprint density at radius 3 is 2.41 bits per heavy atom. The average Bonchev–Trinajstić information content (AvgIpc) is 2.24. The van der Waals surface area contributed by atoms with E-state index in [-0.39, 0.29) is 19.3 Å². The molecule has 1 heterocycles. The normalized spacial score (nSPS) is 19.4. The monoisotopic (exact) mass is 255 g/mol. The molecule has 1 atom stereocenters. The van der Waals surface area contributed by atoms with E-state index in [1.54, 1.807) is 19.2 Å². The molecule has 0 radical (unpaired) electrons. The third-order valence-corrected chi connectivity index (χ3v) is 3.44. The van der Waals surface area contributed by atoms with E-state index in [4.69, 9.17) is 16.3 Å². The molecule has 92 valence electrons. The van der Waals surface area contributed by atoms with Gasteiger partial charge in [-0.1, -0.05) is 23.7 Å². The number of halogens is 1. The summed E-state index contributed by atoms with van der Waals surface area (Å²) in [5.41, 5.74) is 0.0327. The van der Waals surface area contributed by atoms with Crippen molar-refractivity contribution in [1.29, 1.82) is 0 Å². The van der Waals surface area contributed by atoms with Gasteiger partial charge >= 0.3 is 5.97 Å². The molecule has 1 saturated heterocycles. The molecule has 17 heavy (non-hydrogen) atoms. The van der Waals surface area contributed by atoms with Gasteiger partial charge in [0.05, 0.1) is 19.3 Å². The molecule has 1 fully saturated rings. The van der Waals surface area contributed by atoms with Crippen LogP contribution < -0.4 is 5.32 Å². The van der Waals surface area contributed by atoms with Crippen molar-refractivity contribution < 1.29 is 14.6 Å². The van der Waals surface area contributed by atoms with Crippen molar-refractivity contribution in [3.8, 4) is 0 Å². The summed E-state index contributed by atoms with van der Waals surface area (Å²) in [4.78, 5) is 11.4. The van der Waals surface area contributed by atoms with Crippen LogP contribution in [0.15, 0.2) is 24.3 Å². The summed E-state index contributed by atoms with van der Waals surface area (Å²) in [6.07, 6.45) is 0. The fourth-order valence-electron chi connectivity index (χ4n) is 2.15. The summed E-state index contributed by atoms with van der Waals surface area (Å²) in [7, 11) is 1.75. The third kappa shape index (κ3) is 2.04. The smallest absolute Gasteiger partial charge is 0.316 e. The molecule has 0 saturated carbocycles. The van der Waals surface area contributed by atoms with Crippen LogP contribution in [0.2, 0.25) is 5.02 Å². The second-order valence-corrected chi connectivity index (χ2v) is 4.66. The number of hydrogen-bond donors (Lipinski definition) is 2. The van der Waals surface area contributed by atoms with Gasteiger partial charge in [0.1, 0.15) is 5.41 Å². The summed E-state index contributed by atoms with van der Waals surface area (Å²) in [5.74, 6) is -0.835. The lowest BCUT2D eigenvalue weighted by atomic mass is 9.75. The second kappa shape index (κ2) is 4.64. The number of carboxylic acid groups (broad SMARTS) is 1. The van der Waals surface area contributed by atoms with Crippen LogP contribution in [0.25, 0.3) is 0 Å². The zero-order valence-electron chi connectivity index (χ0n) is 9.44. The quantitative estimate of drug-likeness (QED) is 0.860. The fraction of sp³-hybridized carbons (Fsp3) is 0.417. The van der Waals surface area contributed by atoms with E-state index in [2.05, 4.69) is 5.32 Å². The Morgan fingerprint density at radius 2 is 2.06 bits per heavy atom. The number of benzene rings is 1. The van der Waals surface area contributed by atoms with Crippen molar-refractivity contribution in [2.45, 2.75) is 6.04 Å². The number of carboxylic acids is 1. The van der Waals surface area contributed by atoms with Gasteiger partial charge in [-0.05, 0) is 24.7 Å². The largest absolute Gasteiger partial charge is 0.481 e. The van der Waals surface area contributed by atoms with Crippen LogP contribution in [0.5, 0.6) is 0 Å². The molecule has 0 aromatic heterocycles. The SMILES string of the molecule is CNC(c1ccc(Cl)cc1)C1(C(=O)O)COC1. The summed E-state index contributed by atoms with van der Waals surface area (Å²) >= 11 is 5.82. The van der Waals surface area contributed by atoms with Crippen molar-refractivity contribution in [2.24, 2.45) is 5.41 Å². The first kappa shape index (κ1) is 12.4. The number of ether oxygens (including phenoxy) is 1. The Bertz CT molecular complexity index is 414. The van der Waals surface area contributed by atoms with Gasteiger partial charge in [-0.2, -0.15) is 0 Å². The number of hydrogen-bond acceptors (Lipinski definition) is 3. The van der Waals surface area contributed by atoms with Gasteiger partial charge in [0.15, 0.2) is 0 Å². The first-order valence-electron chi connectivity index (χ1n) is 5.34. The van der Waals surface area contributed by atoms with Crippen molar-refractivity contribution in [1.82, 2.24) is 5.32 Å². The lowest BCUT2D eigenvalue weighted by Gasteiger charge is -2.43. The maximum Gasteiger partial charge on any atom is 0.316 e. The van der Waals surface area contributed by atoms with E-state index in [1.807, 2.05) is 12.1 Å². The maximum absolute atomic E-state index is 11.4. The highest BCUT2D eigenvalue weighted by atomic mass is 35.5. The van der Waals surface area contributed by atoms with E-state index in [0.717, 1.165) is 5.56 Å². The predicted molar refractivity (Wildman–Crippen MR) is 64.1 cm³/mol. The second-order valence-electron chi connectivity index (χ2n) is 4.23. The Morgan fingerprint density at radius 1 is 1.47 bits per heavy atom. The van der Waals surface area contributed by atoms with Gasteiger partial charge < -0.3 is 15.2 Å². The van der Waals surface area contributed by atoms with Crippen LogP contribution in [-0.4, -0.2) is 31.3 Å². The molecule has 2 rings (SSSR count). The molecule has 1 aliphatic rings. The molecular formula is C12H14ClNO3. The van der Waals surface area contributed by atoms with Crippen molar-refractivity contribution >= 4 is 17.6 Å². The zero-order valence-corrected chi connectivity index (χ0v) is 10.2. The van der Waals surface area contributed by atoms with Gasteiger partial charge in [-0.25, -0.2) is 0 Å². The van der Waals surface area contributed by atoms with Crippen LogP contribution in [0.4, 0.5) is 0 Å². The summed E-state index contributed by atoms with van der Waals surface area (Å²) in [6, 6.07) is 6.93. The molecule has 0 spiro atoms. The van der Waals surface area contributed by atoms with Gasteiger partial charge in [0.2, 0.25) is 0 Å². The molecule has 0 bridgehead atoms. The van der Waals surface area contributed by atoms with E-state index in [1.165, 1.54) is 0 Å². The first-order chi connectivity index (χ1) is 8.10. The average molecular weight is 256 g/mol. The van der Waals surface area contributed by atoms with Crippen molar-refractivity contribution in [3.05, 3.63) is 34.9 Å². The highest BCUT2D eigenvalue weighted by Crippen LogP contribution is 2.40. The Kier molecular flexibility index (Phi) is 3.38. The maximum atomic E-state index is 11.4. The van der Waals surface area contributed by atoms with Crippen molar-refractivity contribution in [2.75, 3.05) is 20.3 Å². The summed E-state index contributed by atoms with van der Waals surface area (Å²) in [6.45, 7) is 0.465. The fourth-order valence-corrected chi connectivity index (χ4v) is 2.28. The molecular weight excluding hydrogens is 242 g/mol. The minimum atomic E-state index is -0.872. The Hall–Kier alpha value is -1.10. The lowest BCUT2D eigenvalue weighted by molar-refractivity contribution is -0.186. The summed E-state index contributed by atoms with van der Waals surface area (Å²) < 4.78 is 5.08.